The molecule has 0 amide bonds. The Balaban J connectivity index is 0.00000105. The van der Waals surface area contributed by atoms with E-state index in [0.29, 0.717) is 0 Å². The molecule has 0 heterocycles. The Morgan fingerprint density at radius 2 is 0.923 bits per heavy atom. The second-order valence-corrected chi connectivity index (χ2v) is 9.26. The van der Waals surface area contributed by atoms with Gasteiger partial charge in [0.25, 0.3) is 0 Å². The zero-order chi connectivity index (χ0) is 19.7. The molecule has 0 aliphatic heterocycles. The van der Waals surface area contributed by atoms with Gasteiger partial charge in [-0.3, -0.25) is 0 Å². The molecule has 142 valence electrons. The van der Waals surface area contributed by atoms with Crippen molar-refractivity contribution in [1.29, 1.82) is 0 Å². The molecule has 0 aliphatic rings. The number of aryl methyl sites for hydroxylation is 6. The molecule has 0 fully saturated rings. The van der Waals surface area contributed by atoms with Crippen LogP contribution in [0.15, 0.2) is 24.3 Å². The summed E-state index contributed by atoms with van der Waals surface area (Å²) in [5.41, 5.74) is 9.98. The molecule has 2 rings (SSSR count). The molecule has 0 aromatic heterocycles. The fraction of sp³-hybridized carbons (Fsp3) is 0.429. The Morgan fingerprint density at radius 1 is 0.654 bits per heavy atom. The molecule has 2 aromatic rings. The number of hydrogen-bond donors (Lipinski definition) is 0. The van der Waals surface area contributed by atoms with Crippen LogP contribution < -0.4 is 0 Å². The molecule has 0 bridgehead atoms. The van der Waals surface area contributed by atoms with Crippen molar-refractivity contribution in [1.82, 2.24) is 0 Å². The van der Waals surface area contributed by atoms with Crippen LogP contribution in [0.3, 0.4) is 0 Å². The van der Waals surface area contributed by atoms with Crippen molar-refractivity contribution in [3.63, 3.8) is 0 Å². The maximum absolute atomic E-state index is 4.89. The first-order valence-electron chi connectivity index (χ1n) is 8.77. The monoisotopic (exact) mass is 426 g/mol. The van der Waals surface area contributed by atoms with E-state index in [4.69, 9.17) is 29.2 Å². The molecular weight excluding hydrogens is 399 g/mol. The summed E-state index contributed by atoms with van der Waals surface area (Å²) in [4.78, 5) is 0. The summed E-state index contributed by atoms with van der Waals surface area (Å²) in [6.07, 6.45) is 0.986. The molecule has 0 N–H and O–H groups in total. The Labute approximate surface area is 175 Å². The van der Waals surface area contributed by atoms with Crippen LogP contribution in [0.1, 0.15) is 39.8 Å². The Bertz CT molecular complexity index is 612. The van der Waals surface area contributed by atoms with Gasteiger partial charge < -0.3 is 10.6 Å². The van der Waals surface area contributed by atoms with Gasteiger partial charge in [0.05, 0.1) is 0 Å². The van der Waals surface area contributed by atoms with E-state index in [1.54, 1.807) is 0 Å². The molecule has 2 nitrogen and oxygen atoms in total. The van der Waals surface area contributed by atoms with Crippen molar-refractivity contribution in [2.24, 2.45) is 0 Å². The van der Waals surface area contributed by atoms with Crippen LogP contribution in [0.4, 0.5) is 11.4 Å². The third-order valence-electron chi connectivity index (χ3n) is 4.13. The van der Waals surface area contributed by atoms with E-state index in [9.17, 15) is 0 Å². The summed E-state index contributed by atoms with van der Waals surface area (Å²) in [7, 11) is 9.78. The molecule has 0 aliphatic carbocycles. The summed E-state index contributed by atoms with van der Waals surface area (Å²) in [5.74, 6) is 0. The molecule has 0 saturated carbocycles. The van der Waals surface area contributed by atoms with Gasteiger partial charge in [-0.05, 0) is 41.5 Å². The molecule has 0 saturated heterocycles. The van der Waals surface area contributed by atoms with Gasteiger partial charge in [0.2, 0.25) is 0 Å². The van der Waals surface area contributed by atoms with Gasteiger partial charge in [-0.15, -0.1) is 24.5 Å². The third kappa shape index (κ3) is 7.52. The number of rotatable bonds is 6. The van der Waals surface area contributed by atoms with Crippen molar-refractivity contribution < 1.29 is 17.0 Å². The molecule has 0 atom stereocenters. The van der Waals surface area contributed by atoms with E-state index < -0.39 is 17.0 Å². The van der Waals surface area contributed by atoms with E-state index in [1.807, 2.05) is 0 Å². The van der Waals surface area contributed by atoms with Crippen molar-refractivity contribution in [3.05, 3.63) is 68.3 Å². The van der Waals surface area contributed by atoms with Crippen LogP contribution in [-0.4, -0.2) is 13.1 Å². The summed E-state index contributed by atoms with van der Waals surface area (Å²) in [5, 5.41) is 9.55. The normalized spacial score (nSPS) is 10.0. The number of hydrogen-bond acceptors (Lipinski definition) is 0. The molecule has 0 unspecified atom stereocenters. The van der Waals surface area contributed by atoms with Crippen LogP contribution in [0.25, 0.3) is 10.6 Å². The molecule has 2 aromatic carbocycles. The summed E-state index contributed by atoms with van der Waals surface area (Å²) < 4.78 is 0. The summed E-state index contributed by atoms with van der Waals surface area (Å²) >= 11 is -0.556. The molecule has 26 heavy (non-hydrogen) atoms. The first kappa shape index (κ1) is 23.4. The predicted molar refractivity (Wildman–Crippen MR) is 113 cm³/mol. The van der Waals surface area contributed by atoms with Crippen molar-refractivity contribution >= 4 is 30.0 Å². The summed E-state index contributed by atoms with van der Waals surface area (Å²) in [6.45, 7) is 14.5. The SMILES string of the molecule is Cc1cc(C)c([N-]CCC[N-]c2c(C)cc(C)cc2C)c(C)c1.[Cl][Ti][Cl]. The maximum atomic E-state index is 4.89. The topological polar surface area (TPSA) is 28.2 Å². The number of benzene rings is 2. The van der Waals surface area contributed by atoms with Crippen LogP contribution in [-0.2, 0) is 17.0 Å². The Hall–Kier alpha value is -0.666. The second-order valence-electron chi connectivity index (χ2n) is 6.68. The van der Waals surface area contributed by atoms with Crippen molar-refractivity contribution in [2.75, 3.05) is 13.1 Å². The first-order chi connectivity index (χ1) is 12.3. The fourth-order valence-electron chi connectivity index (χ4n) is 3.30. The third-order valence-corrected chi connectivity index (χ3v) is 4.13. The molecule has 5 heteroatoms. The van der Waals surface area contributed by atoms with Crippen LogP contribution in [0.2, 0.25) is 0 Å². The second kappa shape index (κ2) is 11.9. The summed E-state index contributed by atoms with van der Waals surface area (Å²) in [6, 6.07) is 8.81. The minimum atomic E-state index is -0.556. The first-order valence-corrected chi connectivity index (χ1v) is 13.1. The average molecular weight is 427 g/mol. The van der Waals surface area contributed by atoms with Gasteiger partial charge in [0.15, 0.2) is 0 Å². The van der Waals surface area contributed by atoms with Crippen molar-refractivity contribution in [2.45, 2.75) is 48.0 Å². The van der Waals surface area contributed by atoms with E-state index in [2.05, 4.69) is 65.8 Å². The molecule has 0 radical (unpaired) electrons. The van der Waals surface area contributed by atoms with E-state index >= 15 is 0 Å². The zero-order valence-corrected chi connectivity index (χ0v) is 19.7. The van der Waals surface area contributed by atoms with Crippen molar-refractivity contribution in [3.8, 4) is 0 Å². The van der Waals surface area contributed by atoms with E-state index in [0.717, 1.165) is 30.9 Å². The van der Waals surface area contributed by atoms with E-state index in [-0.39, 0.29) is 0 Å². The van der Waals surface area contributed by atoms with E-state index in [1.165, 1.54) is 33.4 Å². The van der Waals surface area contributed by atoms with Crippen LogP contribution in [0, 0.1) is 41.5 Å². The minimum absolute atomic E-state index is 0.556. The van der Waals surface area contributed by atoms with Gasteiger partial charge in [-0.25, -0.2) is 0 Å². The Kier molecular flexibility index (Phi) is 10.7. The Morgan fingerprint density at radius 3 is 1.19 bits per heavy atom. The van der Waals surface area contributed by atoms with Gasteiger partial charge >= 0.3 is 35.6 Å². The van der Waals surface area contributed by atoms with Crippen LogP contribution in [0.5, 0.6) is 0 Å². The van der Waals surface area contributed by atoms with Gasteiger partial charge in [0.1, 0.15) is 0 Å². The number of nitrogens with zero attached hydrogens (tertiary/aromatic N) is 2. The predicted octanol–water partition coefficient (Wildman–Crippen LogP) is 8.01. The van der Waals surface area contributed by atoms with Gasteiger partial charge in [0, 0.05) is 0 Å². The quantitative estimate of drug-likeness (QED) is 0.330. The molecule has 0 spiro atoms. The van der Waals surface area contributed by atoms with Gasteiger partial charge in [-0.2, -0.15) is 0 Å². The zero-order valence-electron chi connectivity index (χ0n) is 16.6. The standard InChI is InChI=1S/C21H28N2.2ClH.Ti/c1-14-10-16(3)20(17(4)11-14)22-8-7-9-23-21-18(5)12-15(2)13-19(21)6;;;/h10-13H,7-9H2,1-6H3;2*1H;/q-2;;;+2/p-2. The average Bonchev–Trinajstić information content (AvgIpc) is 2.51. The number of halogens is 2. The molecular formula is C21H28Cl2N2Ti-2. The van der Waals surface area contributed by atoms with Crippen LogP contribution >= 0.6 is 18.6 Å². The van der Waals surface area contributed by atoms with Gasteiger partial charge in [-0.1, -0.05) is 64.1 Å². The fourth-order valence-corrected chi connectivity index (χ4v) is 3.30.